The van der Waals surface area contributed by atoms with Gasteiger partial charge in [-0.2, -0.15) is 0 Å². The second-order valence-electron chi connectivity index (χ2n) is 8.15. The fraction of sp³-hybridized carbons (Fsp3) is 0.240. The molecule has 0 fully saturated rings. The number of H-pyrrole nitrogens is 1. The fourth-order valence-corrected chi connectivity index (χ4v) is 3.94. The van der Waals surface area contributed by atoms with E-state index in [-0.39, 0.29) is 0 Å². The van der Waals surface area contributed by atoms with Crippen LogP contribution in [0.1, 0.15) is 31.1 Å². The highest BCUT2D eigenvalue weighted by Gasteiger charge is 2.18. The van der Waals surface area contributed by atoms with Gasteiger partial charge in [-0.15, -0.1) is 0 Å². The quantitative estimate of drug-likeness (QED) is 0.420. The molecule has 0 aliphatic rings. The van der Waals surface area contributed by atoms with Crippen molar-refractivity contribution in [1.82, 2.24) is 29.4 Å². The van der Waals surface area contributed by atoms with E-state index in [0.717, 1.165) is 46.9 Å². The Kier molecular flexibility index (Phi) is 5.22. The Labute approximate surface area is 181 Å². The smallest absolute Gasteiger partial charge is 0.160 e. The normalized spacial score (nSPS) is 11.9. The van der Waals surface area contributed by atoms with Crippen LogP contribution in [0.15, 0.2) is 72.9 Å². The van der Waals surface area contributed by atoms with Crippen LogP contribution in [0.25, 0.3) is 22.2 Å². The molecule has 31 heavy (non-hydrogen) atoms. The summed E-state index contributed by atoms with van der Waals surface area (Å²) in [4.78, 5) is 20.2. The van der Waals surface area contributed by atoms with Crippen molar-refractivity contribution in [3.05, 3.63) is 90.1 Å². The van der Waals surface area contributed by atoms with E-state index in [1.165, 1.54) is 5.56 Å². The SMILES string of the molecule is CC(C)N(Cc1ccccc1)Cc1nc2cccnc2n1Cc1nc2ccccc2[nH]1. The van der Waals surface area contributed by atoms with Gasteiger partial charge >= 0.3 is 0 Å². The van der Waals surface area contributed by atoms with Crippen molar-refractivity contribution in [3.8, 4) is 0 Å². The number of imidazole rings is 2. The van der Waals surface area contributed by atoms with Crippen molar-refractivity contribution in [1.29, 1.82) is 0 Å². The van der Waals surface area contributed by atoms with Gasteiger partial charge in [-0.25, -0.2) is 15.0 Å². The van der Waals surface area contributed by atoms with Crippen LogP contribution in [-0.4, -0.2) is 35.4 Å². The summed E-state index contributed by atoms with van der Waals surface area (Å²) in [5.74, 6) is 1.91. The molecule has 3 aromatic heterocycles. The first kappa shape index (κ1) is 19.5. The third kappa shape index (κ3) is 4.07. The van der Waals surface area contributed by atoms with Gasteiger partial charge in [0, 0.05) is 18.8 Å². The number of benzene rings is 2. The van der Waals surface area contributed by atoms with Crippen molar-refractivity contribution < 1.29 is 0 Å². The summed E-state index contributed by atoms with van der Waals surface area (Å²) in [7, 11) is 0. The van der Waals surface area contributed by atoms with Gasteiger partial charge in [0.1, 0.15) is 17.2 Å². The molecule has 1 N–H and O–H groups in total. The molecule has 5 rings (SSSR count). The molecule has 0 bridgehead atoms. The van der Waals surface area contributed by atoms with E-state index in [0.29, 0.717) is 12.6 Å². The van der Waals surface area contributed by atoms with Crippen LogP contribution in [0.2, 0.25) is 0 Å². The number of hydrogen-bond donors (Lipinski definition) is 1. The van der Waals surface area contributed by atoms with Gasteiger partial charge in [-0.3, -0.25) is 4.90 Å². The van der Waals surface area contributed by atoms with Crippen LogP contribution in [0.5, 0.6) is 0 Å². The largest absolute Gasteiger partial charge is 0.340 e. The molecule has 0 unspecified atom stereocenters. The van der Waals surface area contributed by atoms with Gasteiger partial charge in [-0.1, -0.05) is 42.5 Å². The first-order valence-electron chi connectivity index (χ1n) is 10.7. The lowest BCUT2D eigenvalue weighted by atomic mass is 10.2. The van der Waals surface area contributed by atoms with Gasteiger partial charge < -0.3 is 9.55 Å². The number of aromatic nitrogens is 5. The lowest BCUT2D eigenvalue weighted by Gasteiger charge is -2.26. The number of nitrogens with one attached hydrogen (secondary N) is 1. The van der Waals surface area contributed by atoms with Crippen LogP contribution < -0.4 is 0 Å². The highest BCUT2D eigenvalue weighted by atomic mass is 15.2. The monoisotopic (exact) mass is 410 g/mol. The summed E-state index contributed by atoms with van der Waals surface area (Å²) in [5, 5.41) is 0. The number of aromatic amines is 1. The molecule has 0 saturated carbocycles. The number of nitrogens with zero attached hydrogens (tertiary/aromatic N) is 5. The van der Waals surface area contributed by atoms with Gasteiger partial charge in [0.25, 0.3) is 0 Å². The van der Waals surface area contributed by atoms with Crippen LogP contribution in [0.3, 0.4) is 0 Å². The summed E-state index contributed by atoms with van der Waals surface area (Å²) in [6.07, 6.45) is 1.83. The molecule has 0 radical (unpaired) electrons. The molecule has 156 valence electrons. The summed E-state index contributed by atoms with van der Waals surface area (Å²) < 4.78 is 2.19. The maximum Gasteiger partial charge on any atom is 0.160 e. The zero-order valence-corrected chi connectivity index (χ0v) is 17.9. The molecule has 2 aromatic carbocycles. The van der Waals surface area contributed by atoms with Crippen molar-refractivity contribution in [2.45, 2.75) is 39.5 Å². The van der Waals surface area contributed by atoms with Gasteiger partial charge in [0.2, 0.25) is 0 Å². The zero-order valence-electron chi connectivity index (χ0n) is 17.9. The average Bonchev–Trinajstić information content (AvgIpc) is 3.35. The zero-order chi connectivity index (χ0) is 21.2. The van der Waals surface area contributed by atoms with E-state index in [1.54, 1.807) is 0 Å². The molecule has 0 spiro atoms. The Balaban J connectivity index is 1.50. The average molecular weight is 411 g/mol. The maximum atomic E-state index is 4.94. The van der Waals surface area contributed by atoms with Crippen molar-refractivity contribution in [2.24, 2.45) is 0 Å². The van der Waals surface area contributed by atoms with Gasteiger partial charge in [-0.05, 0) is 43.7 Å². The molecular weight excluding hydrogens is 384 g/mol. The maximum absolute atomic E-state index is 4.94. The molecule has 6 heteroatoms. The summed E-state index contributed by atoms with van der Waals surface area (Å²) in [5.41, 5.74) is 5.13. The molecule has 6 nitrogen and oxygen atoms in total. The highest BCUT2D eigenvalue weighted by Crippen LogP contribution is 2.20. The van der Waals surface area contributed by atoms with Crippen LogP contribution in [0.4, 0.5) is 0 Å². The molecule has 0 aliphatic carbocycles. The Morgan fingerprint density at radius 1 is 0.871 bits per heavy atom. The molecule has 3 heterocycles. The number of para-hydroxylation sites is 2. The Bertz CT molecular complexity index is 1270. The summed E-state index contributed by atoms with van der Waals surface area (Å²) in [6.45, 7) is 6.68. The molecular formula is C25H26N6. The molecule has 0 atom stereocenters. The highest BCUT2D eigenvalue weighted by molar-refractivity contribution is 5.75. The standard InChI is InChI=1S/C25H26N6/c1-18(2)30(15-19-9-4-3-5-10-19)17-24-29-22-13-8-14-26-25(22)31(24)16-23-27-20-11-6-7-12-21(20)28-23/h3-14,18H,15-17H2,1-2H3,(H,27,28). The third-order valence-electron chi connectivity index (χ3n) is 5.63. The third-order valence-corrected chi connectivity index (χ3v) is 5.63. The van der Waals surface area contributed by atoms with Crippen LogP contribution in [0, 0.1) is 0 Å². The minimum absolute atomic E-state index is 0.382. The predicted octanol–water partition coefficient (Wildman–Crippen LogP) is 4.77. The first-order valence-corrected chi connectivity index (χ1v) is 10.7. The Hall–Kier alpha value is -3.51. The minimum atomic E-state index is 0.382. The van der Waals surface area contributed by atoms with E-state index in [2.05, 4.69) is 69.7 Å². The van der Waals surface area contributed by atoms with Gasteiger partial charge in [0.05, 0.1) is 24.1 Å². The molecule has 5 aromatic rings. The number of rotatable bonds is 7. The molecule has 0 saturated heterocycles. The Morgan fingerprint density at radius 3 is 2.45 bits per heavy atom. The molecule has 0 amide bonds. The van der Waals surface area contributed by atoms with E-state index >= 15 is 0 Å². The summed E-state index contributed by atoms with van der Waals surface area (Å²) >= 11 is 0. The number of fused-ring (bicyclic) bond motifs is 2. The molecule has 0 aliphatic heterocycles. The van der Waals surface area contributed by atoms with E-state index in [4.69, 9.17) is 9.97 Å². The summed E-state index contributed by atoms with van der Waals surface area (Å²) in [6, 6.07) is 23.1. The predicted molar refractivity (Wildman–Crippen MR) is 124 cm³/mol. The Morgan fingerprint density at radius 2 is 1.65 bits per heavy atom. The first-order chi connectivity index (χ1) is 15.2. The van der Waals surface area contributed by atoms with E-state index < -0.39 is 0 Å². The fourth-order valence-electron chi connectivity index (χ4n) is 3.94. The van der Waals surface area contributed by atoms with Crippen molar-refractivity contribution in [2.75, 3.05) is 0 Å². The van der Waals surface area contributed by atoms with Crippen LogP contribution >= 0.6 is 0 Å². The van der Waals surface area contributed by atoms with Crippen molar-refractivity contribution >= 4 is 22.2 Å². The second kappa shape index (κ2) is 8.32. The minimum Gasteiger partial charge on any atom is -0.340 e. The van der Waals surface area contributed by atoms with E-state index in [1.807, 2.05) is 36.5 Å². The number of hydrogen-bond acceptors (Lipinski definition) is 4. The van der Waals surface area contributed by atoms with Crippen molar-refractivity contribution in [3.63, 3.8) is 0 Å². The number of pyridine rings is 1. The topological polar surface area (TPSA) is 62.6 Å². The second-order valence-corrected chi connectivity index (χ2v) is 8.15. The van der Waals surface area contributed by atoms with Crippen LogP contribution in [-0.2, 0) is 19.6 Å². The van der Waals surface area contributed by atoms with E-state index in [9.17, 15) is 0 Å². The lowest BCUT2D eigenvalue weighted by Crippen LogP contribution is -2.31. The van der Waals surface area contributed by atoms with Gasteiger partial charge in [0.15, 0.2) is 5.65 Å². The lowest BCUT2D eigenvalue weighted by molar-refractivity contribution is 0.196.